The average molecular weight is 400 g/mol. The number of ether oxygens (including phenoxy) is 1. The predicted molar refractivity (Wildman–Crippen MR) is 122 cm³/mol. The number of nitrogens with one attached hydrogen (secondary N) is 1. The van der Waals surface area contributed by atoms with E-state index >= 15 is 0 Å². The van der Waals surface area contributed by atoms with E-state index in [-0.39, 0.29) is 0 Å². The van der Waals surface area contributed by atoms with E-state index in [1.165, 1.54) is 0 Å². The molecule has 29 heavy (non-hydrogen) atoms. The summed E-state index contributed by atoms with van der Waals surface area (Å²) >= 11 is 0. The molecule has 0 atom stereocenters. The molecular weight excluding hydrogens is 362 g/mol. The van der Waals surface area contributed by atoms with Gasteiger partial charge in [0.1, 0.15) is 17.4 Å². The van der Waals surface area contributed by atoms with Crippen molar-refractivity contribution in [2.75, 3.05) is 30.9 Å². The van der Waals surface area contributed by atoms with Gasteiger partial charge >= 0.3 is 0 Å². The van der Waals surface area contributed by atoms with Crippen LogP contribution >= 0.6 is 0 Å². The first kappa shape index (κ1) is 22.9. The molecule has 0 aliphatic heterocycles. The lowest BCUT2D eigenvalue weighted by molar-refractivity contribution is 0.318. The van der Waals surface area contributed by atoms with Gasteiger partial charge in [0.2, 0.25) is 0 Å². The molecule has 6 heteroatoms. The lowest BCUT2D eigenvalue weighted by Crippen LogP contribution is -2.20. The summed E-state index contributed by atoms with van der Waals surface area (Å²) in [5.74, 6) is 2.60. The Labute approximate surface area is 176 Å². The molecule has 0 aromatic carbocycles. The highest BCUT2D eigenvalue weighted by Crippen LogP contribution is 2.34. The molecule has 1 N–H and O–H groups in total. The minimum absolute atomic E-state index is 0.412. The van der Waals surface area contributed by atoms with E-state index in [1.54, 1.807) is 0 Å². The van der Waals surface area contributed by atoms with Crippen molar-refractivity contribution in [3.8, 4) is 17.0 Å². The molecule has 0 aliphatic rings. The van der Waals surface area contributed by atoms with Gasteiger partial charge < -0.3 is 15.0 Å². The van der Waals surface area contributed by atoms with Crippen molar-refractivity contribution < 1.29 is 4.74 Å². The van der Waals surface area contributed by atoms with Gasteiger partial charge in [0, 0.05) is 32.4 Å². The lowest BCUT2D eigenvalue weighted by Gasteiger charge is -2.21. The molecule has 0 bridgehead atoms. The molecular formula is C23H37N5O. The van der Waals surface area contributed by atoms with Gasteiger partial charge in [0.05, 0.1) is 29.3 Å². The number of aryl methyl sites for hydroxylation is 2. The molecule has 160 valence electrons. The van der Waals surface area contributed by atoms with Crippen LogP contribution in [-0.4, -0.2) is 41.7 Å². The highest BCUT2D eigenvalue weighted by Gasteiger charge is 2.19. The molecule has 2 rings (SSSR count). The SMILES string of the molecule is CCCOc1cc(N(C)C)ncc1-c1nc(CC)c(NC(CC)CC)nc1CC. The first-order chi connectivity index (χ1) is 14.0. The van der Waals surface area contributed by atoms with Crippen molar-refractivity contribution in [2.45, 2.75) is 72.8 Å². The Bertz CT molecular complexity index is 787. The number of pyridine rings is 1. The van der Waals surface area contributed by atoms with Gasteiger partial charge in [-0.1, -0.05) is 34.6 Å². The molecule has 2 aromatic heterocycles. The van der Waals surface area contributed by atoms with E-state index < -0.39 is 0 Å². The normalized spacial score (nSPS) is 11.0. The molecule has 6 nitrogen and oxygen atoms in total. The van der Waals surface area contributed by atoms with E-state index in [1.807, 2.05) is 31.3 Å². The first-order valence-electron chi connectivity index (χ1n) is 11.0. The van der Waals surface area contributed by atoms with E-state index in [0.29, 0.717) is 12.6 Å². The third kappa shape index (κ3) is 5.58. The molecule has 0 unspecified atom stereocenters. The zero-order valence-electron chi connectivity index (χ0n) is 19.2. The molecule has 0 radical (unpaired) electrons. The second kappa shape index (κ2) is 11.0. The van der Waals surface area contributed by atoms with Gasteiger partial charge in [-0.25, -0.2) is 15.0 Å². The summed E-state index contributed by atoms with van der Waals surface area (Å²) in [6, 6.07) is 2.41. The Hall–Kier alpha value is -2.37. The molecule has 2 heterocycles. The Morgan fingerprint density at radius 1 is 1.00 bits per heavy atom. The second-order valence-corrected chi connectivity index (χ2v) is 7.46. The average Bonchev–Trinajstić information content (AvgIpc) is 2.75. The van der Waals surface area contributed by atoms with Crippen LogP contribution in [0.5, 0.6) is 5.75 Å². The number of rotatable bonds is 11. The maximum atomic E-state index is 6.08. The predicted octanol–water partition coefficient (Wildman–Crippen LogP) is 5.12. The van der Waals surface area contributed by atoms with E-state index in [2.05, 4.69) is 44.9 Å². The van der Waals surface area contributed by atoms with Crippen molar-refractivity contribution in [1.82, 2.24) is 15.0 Å². The lowest BCUT2D eigenvalue weighted by atomic mass is 10.1. The van der Waals surface area contributed by atoms with Gasteiger partial charge in [-0.2, -0.15) is 0 Å². The maximum absolute atomic E-state index is 6.08. The number of aromatic nitrogens is 3. The van der Waals surface area contributed by atoms with Gasteiger partial charge in [-0.15, -0.1) is 0 Å². The largest absolute Gasteiger partial charge is 0.493 e. The fourth-order valence-electron chi connectivity index (χ4n) is 3.20. The molecule has 0 saturated heterocycles. The molecule has 0 saturated carbocycles. The van der Waals surface area contributed by atoms with Gasteiger partial charge in [-0.3, -0.25) is 0 Å². The Morgan fingerprint density at radius 2 is 1.69 bits per heavy atom. The first-order valence-corrected chi connectivity index (χ1v) is 11.0. The van der Waals surface area contributed by atoms with E-state index in [0.717, 1.165) is 72.1 Å². The topological polar surface area (TPSA) is 63.2 Å². The third-order valence-electron chi connectivity index (χ3n) is 5.06. The Balaban J connectivity index is 2.58. The monoisotopic (exact) mass is 399 g/mol. The zero-order chi connectivity index (χ0) is 21.4. The van der Waals surface area contributed by atoms with Crippen LogP contribution in [0.25, 0.3) is 11.3 Å². The van der Waals surface area contributed by atoms with Crippen LogP contribution in [0.4, 0.5) is 11.6 Å². The van der Waals surface area contributed by atoms with E-state index in [9.17, 15) is 0 Å². The van der Waals surface area contributed by atoms with E-state index in [4.69, 9.17) is 14.7 Å². The summed E-state index contributed by atoms with van der Waals surface area (Å²) in [4.78, 5) is 16.6. The van der Waals surface area contributed by atoms with Gasteiger partial charge in [0.25, 0.3) is 0 Å². The number of anilines is 2. The zero-order valence-corrected chi connectivity index (χ0v) is 19.2. The molecule has 0 amide bonds. The molecule has 2 aromatic rings. The van der Waals surface area contributed by atoms with Crippen LogP contribution in [0.2, 0.25) is 0 Å². The van der Waals surface area contributed by atoms with Gasteiger partial charge in [0.15, 0.2) is 0 Å². The smallest absolute Gasteiger partial charge is 0.148 e. The van der Waals surface area contributed by atoms with Crippen LogP contribution in [0, 0.1) is 0 Å². The molecule has 0 fully saturated rings. The quantitative estimate of drug-likeness (QED) is 0.566. The fraction of sp³-hybridized carbons (Fsp3) is 0.609. The van der Waals surface area contributed by atoms with Crippen LogP contribution in [0.15, 0.2) is 12.3 Å². The van der Waals surface area contributed by atoms with Gasteiger partial charge in [-0.05, 0) is 32.1 Å². The highest BCUT2D eigenvalue weighted by atomic mass is 16.5. The summed E-state index contributed by atoms with van der Waals surface area (Å²) in [6.45, 7) is 11.4. The summed E-state index contributed by atoms with van der Waals surface area (Å²) in [5.41, 5.74) is 3.75. The van der Waals surface area contributed by atoms with Crippen LogP contribution in [-0.2, 0) is 12.8 Å². The Kier molecular flexibility index (Phi) is 8.68. The van der Waals surface area contributed by atoms with Crippen molar-refractivity contribution >= 4 is 11.6 Å². The summed E-state index contributed by atoms with van der Waals surface area (Å²) in [7, 11) is 3.97. The van der Waals surface area contributed by atoms with Crippen molar-refractivity contribution in [3.63, 3.8) is 0 Å². The van der Waals surface area contributed by atoms with Crippen molar-refractivity contribution in [3.05, 3.63) is 23.7 Å². The summed E-state index contributed by atoms with van der Waals surface area (Å²) < 4.78 is 6.08. The second-order valence-electron chi connectivity index (χ2n) is 7.46. The molecule has 0 spiro atoms. The fourth-order valence-corrected chi connectivity index (χ4v) is 3.20. The third-order valence-corrected chi connectivity index (χ3v) is 5.06. The summed E-state index contributed by atoms with van der Waals surface area (Å²) in [5, 5.41) is 3.60. The maximum Gasteiger partial charge on any atom is 0.148 e. The number of hydrogen-bond donors (Lipinski definition) is 1. The van der Waals surface area contributed by atoms with Crippen molar-refractivity contribution in [1.29, 1.82) is 0 Å². The van der Waals surface area contributed by atoms with Crippen LogP contribution < -0.4 is 15.0 Å². The Morgan fingerprint density at radius 3 is 2.24 bits per heavy atom. The minimum atomic E-state index is 0.412. The number of hydrogen-bond acceptors (Lipinski definition) is 6. The van der Waals surface area contributed by atoms with Crippen LogP contribution in [0.1, 0.15) is 65.3 Å². The standard InChI is InChI=1S/C23H37N5O/c1-8-13-29-20-14-21(28(6)7)24-15-17(20)22-18(11-4)27-23(19(12-5)26-22)25-16(9-2)10-3/h14-16H,8-13H2,1-7H3,(H,25,27). The van der Waals surface area contributed by atoms with Crippen molar-refractivity contribution in [2.24, 2.45) is 0 Å². The minimum Gasteiger partial charge on any atom is -0.493 e. The molecule has 0 aliphatic carbocycles. The number of nitrogens with zero attached hydrogens (tertiary/aromatic N) is 4. The highest BCUT2D eigenvalue weighted by molar-refractivity contribution is 5.71. The summed E-state index contributed by atoms with van der Waals surface area (Å²) in [6.07, 6.45) is 6.57. The van der Waals surface area contributed by atoms with Crippen LogP contribution in [0.3, 0.4) is 0 Å².